The number of halogens is 3. The van der Waals surface area contributed by atoms with Gasteiger partial charge in [-0.3, -0.25) is 4.48 Å². The summed E-state index contributed by atoms with van der Waals surface area (Å²) < 4.78 is 59.8. The van der Waals surface area contributed by atoms with Crippen molar-refractivity contribution in [1.29, 1.82) is 0 Å². The second-order valence-corrected chi connectivity index (χ2v) is 7.39. The summed E-state index contributed by atoms with van der Waals surface area (Å²) in [5, 5.41) is 0. The fourth-order valence-electron chi connectivity index (χ4n) is 2.37. The minimum Gasteiger partial charge on any atom is -0.741 e. The molecule has 0 saturated carbocycles. The van der Waals surface area contributed by atoms with E-state index in [1.807, 2.05) is 0 Å². The fraction of sp³-hybridized carbons (Fsp3) is 0.294. The summed E-state index contributed by atoms with van der Waals surface area (Å²) in [6, 6.07) is 19.3. The zero-order valence-corrected chi connectivity index (χ0v) is 14.9. The smallest absolute Gasteiger partial charge is 0.485 e. The Morgan fingerprint density at radius 1 is 0.960 bits per heavy atom. The van der Waals surface area contributed by atoms with Crippen LogP contribution in [-0.4, -0.2) is 32.6 Å². The molecule has 0 aliphatic heterocycles. The first-order valence-corrected chi connectivity index (χ1v) is 8.71. The average molecular weight is 375 g/mol. The molecule has 0 N–H and O–H groups in total. The van der Waals surface area contributed by atoms with E-state index in [2.05, 4.69) is 75.6 Å². The molecule has 0 amide bonds. The van der Waals surface area contributed by atoms with Crippen molar-refractivity contribution in [3.63, 3.8) is 0 Å². The van der Waals surface area contributed by atoms with Crippen LogP contribution in [-0.2, 0) is 16.7 Å². The summed E-state index contributed by atoms with van der Waals surface area (Å²) >= 11 is 0. The second-order valence-electron chi connectivity index (χ2n) is 6.02. The van der Waals surface area contributed by atoms with Gasteiger partial charge in [-0.15, -0.1) is 0 Å². The number of nitrogens with zero attached hydrogens (tertiary/aromatic N) is 1. The van der Waals surface area contributed by atoms with Gasteiger partial charge in [0.15, 0.2) is 10.1 Å². The zero-order valence-electron chi connectivity index (χ0n) is 14.1. The first-order valence-electron chi connectivity index (χ1n) is 7.30. The quantitative estimate of drug-likeness (QED) is 0.466. The Bertz CT molecular complexity index is 788. The molecule has 0 heterocycles. The Kier molecular flexibility index (Phi) is 6.75. The molecule has 4 nitrogen and oxygen atoms in total. The summed E-state index contributed by atoms with van der Waals surface area (Å²) in [6.45, 7) is 3.20. The molecule has 8 heteroatoms. The molecule has 0 aliphatic carbocycles. The Hall–Kier alpha value is -1.90. The zero-order chi connectivity index (χ0) is 19.3. The molecule has 0 unspecified atom stereocenters. The lowest BCUT2D eigenvalue weighted by molar-refractivity contribution is -0.0517. The molecule has 0 fully saturated rings. The van der Waals surface area contributed by atoms with Crippen LogP contribution in [0, 0.1) is 6.92 Å². The monoisotopic (exact) mass is 375 g/mol. The third-order valence-electron chi connectivity index (χ3n) is 3.47. The molecular formula is C17H20F3NO3S. The van der Waals surface area contributed by atoms with Gasteiger partial charge in [-0.05, 0) is 13.0 Å². The third-order valence-corrected chi connectivity index (χ3v) is 4.04. The lowest BCUT2D eigenvalue weighted by Crippen LogP contribution is -2.40. The van der Waals surface area contributed by atoms with E-state index >= 15 is 0 Å². The molecule has 2 aromatic rings. The van der Waals surface area contributed by atoms with E-state index in [9.17, 15) is 13.2 Å². The molecule has 0 aliphatic rings. The highest BCUT2D eigenvalue weighted by atomic mass is 32.2. The number of quaternary nitrogens is 1. The number of rotatable bonds is 3. The highest BCUT2D eigenvalue weighted by Crippen LogP contribution is 2.25. The van der Waals surface area contributed by atoms with Gasteiger partial charge in [0.05, 0.1) is 14.1 Å². The van der Waals surface area contributed by atoms with Crippen molar-refractivity contribution >= 4 is 15.8 Å². The Balaban J connectivity index is 0.000000333. The molecule has 0 aromatic heterocycles. The molecule has 0 saturated heterocycles. The van der Waals surface area contributed by atoms with E-state index < -0.39 is 15.6 Å². The Labute approximate surface area is 145 Å². The molecule has 0 bridgehead atoms. The highest BCUT2D eigenvalue weighted by Gasteiger charge is 2.36. The number of hydrogen-bond donors (Lipinski definition) is 0. The molecule has 0 spiro atoms. The highest BCUT2D eigenvalue weighted by molar-refractivity contribution is 7.86. The van der Waals surface area contributed by atoms with E-state index in [1.165, 1.54) is 16.8 Å². The van der Waals surface area contributed by atoms with E-state index in [4.69, 9.17) is 13.0 Å². The van der Waals surface area contributed by atoms with Crippen molar-refractivity contribution in [1.82, 2.24) is 4.48 Å². The summed E-state index contributed by atoms with van der Waals surface area (Å²) in [5.74, 6) is 0. The van der Waals surface area contributed by atoms with E-state index in [1.54, 1.807) is 0 Å². The van der Waals surface area contributed by atoms with Gasteiger partial charge in [0, 0.05) is 11.1 Å². The third kappa shape index (κ3) is 6.49. The minimum atomic E-state index is -6.09. The molecule has 0 atom stereocenters. The van der Waals surface area contributed by atoms with E-state index in [0.29, 0.717) is 0 Å². The van der Waals surface area contributed by atoms with Crippen LogP contribution in [0.5, 0.6) is 0 Å². The lowest BCUT2D eigenvalue weighted by atomic mass is 10.1. The number of alkyl halides is 3. The van der Waals surface area contributed by atoms with Crippen molar-refractivity contribution in [2.75, 3.05) is 14.1 Å². The van der Waals surface area contributed by atoms with Crippen LogP contribution in [0.2, 0.25) is 0 Å². The van der Waals surface area contributed by atoms with Crippen molar-refractivity contribution in [3.05, 3.63) is 65.7 Å². The van der Waals surface area contributed by atoms with Crippen molar-refractivity contribution in [2.24, 2.45) is 0 Å². The average Bonchev–Trinajstić information content (AvgIpc) is 2.46. The predicted molar refractivity (Wildman–Crippen MR) is 90.7 cm³/mol. The predicted octanol–water partition coefficient (Wildman–Crippen LogP) is 3.81. The van der Waals surface area contributed by atoms with Crippen molar-refractivity contribution in [2.45, 2.75) is 19.0 Å². The van der Waals surface area contributed by atoms with Crippen molar-refractivity contribution in [3.8, 4) is 0 Å². The number of hydrogen-bond acceptors (Lipinski definition) is 3. The first-order chi connectivity index (χ1) is 11.3. The summed E-state index contributed by atoms with van der Waals surface area (Å²) in [4.78, 5) is 0. The Morgan fingerprint density at radius 2 is 1.40 bits per heavy atom. The Morgan fingerprint density at radius 3 is 1.84 bits per heavy atom. The maximum Gasteiger partial charge on any atom is 0.485 e. The van der Waals surface area contributed by atoms with Gasteiger partial charge >= 0.3 is 5.51 Å². The topological polar surface area (TPSA) is 57.2 Å². The summed E-state index contributed by atoms with van der Waals surface area (Å²) in [5.41, 5.74) is -1.53. The van der Waals surface area contributed by atoms with Gasteiger partial charge in [-0.2, -0.15) is 13.2 Å². The van der Waals surface area contributed by atoms with E-state index in [0.717, 1.165) is 11.0 Å². The summed E-state index contributed by atoms with van der Waals surface area (Å²) in [6.07, 6.45) is 0. The second kappa shape index (κ2) is 7.99. The first kappa shape index (κ1) is 21.1. The van der Waals surface area contributed by atoms with Crippen LogP contribution < -0.4 is 4.48 Å². The fourth-order valence-corrected chi connectivity index (χ4v) is 2.37. The number of aryl methyl sites for hydroxylation is 1. The van der Waals surface area contributed by atoms with Crippen LogP contribution in [0.4, 0.5) is 18.9 Å². The van der Waals surface area contributed by atoms with Crippen molar-refractivity contribution < 1.29 is 26.1 Å². The molecule has 2 aromatic carbocycles. The maximum atomic E-state index is 10.7. The molecule has 0 radical (unpaired) electrons. The standard InChI is InChI=1S/C16H20N.CHF3O3S/c1-14-9-7-8-12-16(14)17(2,3)13-15-10-5-4-6-11-15;2-1(3,4)8(5,6)7/h4-12H,13H2,1-3H3;(H,5,6,7)/q+1;/p-1. The van der Waals surface area contributed by atoms with Crippen LogP contribution in [0.3, 0.4) is 0 Å². The number of para-hydroxylation sites is 1. The van der Waals surface area contributed by atoms with Gasteiger partial charge in [-0.1, -0.05) is 48.5 Å². The maximum absolute atomic E-state index is 10.7. The number of benzene rings is 2. The largest absolute Gasteiger partial charge is 0.741 e. The lowest BCUT2D eigenvalue weighted by Gasteiger charge is -2.30. The van der Waals surface area contributed by atoms with Crippen LogP contribution in [0.1, 0.15) is 11.1 Å². The van der Waals surface area contributed by atoms with Gasteiger partial charge in [0.25, 0.3) is 0 Å². The SMILES string of the molecule is Cc1ccccc1[N+](C)(C)Cc1ccccc1.O=S(=O)([O-])C(F)(F)F. The molecule has 2 rings (SSSR count). The minimum absolute atomic E-state index is 0.886. The van der Waals surface area contributed by atoms with Crippen LogP contribution >= 0.6 is 0 Å². The molecule has 25 heavy (non-hydrogen) atoms. The molecule has 138 valence electrons. The van der Waals surface area contributed by atoms with Gasteiger partial charge in [0.2, 0.25) is 0 Å². The normalized spacial score (nSPS) is 12.3. The van der Waals surface area contributed by atoms with Crippen LogP contribution in [0.15, 0.2) is 54.6 Å². The van der Waals surface area contributed by atoms with Gasteiger partial charge in [-0.25, -0.2) is 8.42 Å². The molecular weight excluding hydrogens is 355 g/mol. The van der Waals surface area contributed by atoms with E-state index in [-0.39, 0.29) is 0 Å². The summed E-state index contributed by atoms with van der Waals surface area (Å²) in [7, 11) is -1.57. The van der Waals surface area contributed by atoms with Gasteiger partial charge in [0.1, 0.15) is 12.2 Å². The van der Waals surface area contributed by atoms with Crippen LogP contribution in [0.25, 0.3) is 0 Å². The van der Waals surface area contributed by atoms with Gasteiger partial charge < -0.3 is 4.55 Å².